The van der Waals surface area contributed by atoms with Gasteiger partial charge in [0, 0.05) is 24.2 Å². The third kappa shape index (κ3) is 3.85. The summed E-state index contributed by atoms with van der Waals surface area (Å²) in [7, 11) is 0. The summed E-state index contributed by atoms with van der Waals surface area (Å²) in [5.74, 6) is -1.10. The summed E-state index contributed by atoms with van der Waals surface area (Å²) in [6.45, 7) is 4.49. The summed E-state index contributed by atoms with van der Waals surface area (Å²) in [6.07, 6.45) is 0. The molecule has 2 N–H and O–H groups in total. The number of hydrazine groups is 1. The lowest BCUT2D eigenvalue weighted by molar-refractivity contribution is 0.443. The number of nitrogens with one attached hydrogen (secondary N) is 2. The van der Waals surface area contributed by atoms with Crippen molar-refractivity contribution in [3.05, 3.63) is 70.8 Å². The van der Waals surface area contributed by atoms with Crippen LogP contribution in [0.3, 0.4) is 0 Å². The first kappa shape index (κ1) is 14.6. The van der Waals surface area contributed by atoms with Gasteiger partial charge < -0.3 is 0 Å². The minimum Gasteiger partial charge on any atom is -0.253 e. The largest absolute Gasteiger partial charge is 0.253 e. The van der Waals surface area contributed by atoms with E-state index in [1.807, 2.05) is 38.1 Å². The number of hydrogen-bond acceptors (Lipinski definition) is 2. The molecule has 2 aromatic rings. The maximum Gasteiger partial charge on any atom is 0.130 e. The fourth-order valence-corrected chi connectivity index (χ4v) is 1.94. The molecule has 0 bridgehead atoms. The molecule has 0 amide bonds. The second kappa shape index (κ2) is 6.59. The number of rotatable bonds is 5. The Balaban J connectivity index is 1.88. The summed E-state index contributed by atoms with van der Waals surface area (Å²) in [5, 5.41) is 0. The number of halogens is 2. The predicted octanol–water partition coefficient (Wildman–Crippen LogP) is 3.63. The van der Waals surface area contributed by atoms with Crippen molar-refractivity contribution < 1.29 is 8.78 Å². The Labute approximate surface area is 117 Å². The Morgan fingerprint density at radius 2 is 1.75 bits per heavy atom. The molecule has 0 fully saturated rings. The monoisotopic (exact) mass is 276 g/mol. The van der Waals surface area contributed by atoms with E-state index in [2.05, 4.69) is 10.9 Å². The molecular weight excluding hydrogens is 258 g/mol. The highest BCUT2D eigenvalue weighted by molar-refractivity contribution is 5.22. The van der Waals surface area contributed by atoms with Crippen LogP contribution < -0.4 is 10.9 Å². The standard InChI is InChI=1S/C16H18F2N2/c1-11-3-5-13(6-4-11)10-19-20-12(2)15-8-7-14(17)9-16(15)18/h3-9,12,19-20H,10H2,1-2H3. The highest BCUT2D eigenvalue weighted by atomic mass is 19.1. The average Bonchev–Trinajstić information content (AvgIpc) is 2.41. The Kier molecular flexibility index (Phi) is 4.82. The van der Waals surface area contributed by atoms with Gasteiger partial charge in [-0.1, -0.05) is 35.9 Å². The molecule has 1 unspecified atom stereocenters. The van der Waals surface area contributed by atoms with Gasteiger partial charge in [0.05, 0.1) is 0 Å². The van der Waals surface area contributed by atoms with Crippen molar-refractivity contribution in [1.29, 1.82) is 0 Å². The lowest BCUT2D eigenvalue weighted by Gasteiger charge is -2.16. The van der Waals surface area contributed by atoms with E-state index in [-0.39, 0.29) is 6.04 Å². The van der Waals surface area contributed by atoms with Crippen LogP contribution in [0.1, 0.15) is 29.7 Å². The first-order chi connectivity index (χ1) is 9.56. The molecular formula is C16H18F2N2. The van der Waals surface area contributed by atoms with E-state index < -0.39 is 11.6 Å². The molecule has 106 valence electrons. The number of aryl methyl sites for hydroxylation is 1. The third-order valence-corrected chi connectivity index (χ3v) is 3.16. The van der Waals surface area contributed by atoms with Crippen molar-refractivity contribution in [2.75, 3.05) is 0 Å². The molecule has 0 aliphatic rings. The second-order valence-corrected chi connectivity index (χ2v) is 4.87. The summed E-state index contributed by atoms with van der Waals surface area (Å²) < 4.78 is 26.4. The molecule has 2 rings (SSSR count). The Bertz CT molecular complexity index is 567. The van der Waals surface area contributed by atoms with Gasteiger partial charge >= 0.3 is 0 Å². The zero-order chi connectivity index (χ0) is 14.5. The van der Waals surface area contributed by atoms with Crippen molar-refractivity contribution >= 4 is 0 Å². The zero-order valence-corrected chi connectivity index (χ0v) is 11.6. The van der Waals surface area contributed by atoms with Gasteiger partial charge in [0.15, 0.2) is 0 Å². The molecule has 0 aliphatic carbocycles. The SMILES string of the molecule is Cc1ccc(CNNC(C)c2ccc(F)cc2F)cc1. The van der Waals surface area contributed by atoms with Gasteiger partial charge in [-0.05, 0) is 25.5 Å². The molecule has 4 heteroatoms. The Morgan fingerprint density at radius 3 is 2.40 bits per heavy atom. The van der Waals surface area contributed by atoms with Gasteiger partial charge in [-0.15, -0.1) is 0 Å². The van der Waals surface area contributed by atoms with E-state index in [0.717, 1.165) is 11.6 Å². The van der Waals surface area contributed by atoms with Crippen molar-refractivity contribution in [3.63, 3.8) is 0 Å². The molecule has 2 nitrogen and oxygen atoms in total. The van der Waals surface area contributed by atoms with E-state index in [9.17, 15) is 8.78 Å². The Morgan fingerprint density at radius 1 is 1.05 bits per heavy atom. The molecule has 0 spiro atoms. The van der Waals surface area contributed by atoms with E-state index in [4.69, 9.17) is 0 Å². The molecule has 0 heterocycles. The molecule has 2 aromatic carbocycles. The van der Waals surface area contributed by atoms with Gasteiger partial charge in [0.25, 0.3) is 0 Å². The lowest BCUT2D eigenvalue weighted by atomic mass is 10.1. The van der Waals surface area contributed by atoms with Crippen LogP contribution in [-0.2, 0) is 6.54 Å². The predicted molar refractivity (Wildman–Crippen MR) is 75.9 cm³/mol. The molecule has 0 aromatic heterocycles. The van der Waals surface area contributed by atoms with Crippen LogP contribution in [0, 0.1) is 18.6 Å². The molecule has 1 atom stereocenters. The average molecular weight is 276 g/mol. The van der Waals surface area contributed by atoms with Crippen LogP contribution in [0.5, 0.6) is 0 Å². The summed E-state index contributed by atoms with van der Waals surface area (Å²) in [5.41, 5.74) is 8.84. The van der Waals surface area contributed by atoms with Crippen LogP contribution in [-0.4, -0.2) is 0 Å². The van der Waals surface area contributed by atoms with Crippen LogP contribution >= 0.6 is 0 Å². The van der Waals surface area contributed by atoms with E-state index in [1.165, 1.54) is 17.7 Å². The highest BCUT2D eigenvalue weighted by Crippen LogP contribution is 2.17. The van der Waals surface area contributed by atoms with Crippen molar-refractivity contribution in [1.82, 2.24) is 10.9 Å². The fourth-order valence-electron chi connectivity index (χ4n) is 1.94. The van der Waals surface area contributed by atoms with E-state index in [0.29, 0.717) is 12.1 Å². The Hall–Kier alpha value is -1.78. The van der Waals surface area contributed by atoms with Gasteiger partial charge in [0.1, 0.15) is 11.6 Å². The fraction of sp³-hybridized carbons (Fsp3) is 0.250. The van der Waals surface area contributed by atoms with E-state index in [1.54, 1.807) is 0 Å². The summed E-state index contributed by atoms with van der Waals surface area (Å²) in [4.78, 5) is 0. The maximum atomic E-state index is 13.6. The smallest absolute Gasteiger partial charge is 0.130 e. The lowest BCUT2D eigenvalue weighted by Crippen LogP contribution is -2.33. The maximum absolute atomic E-state index is 13.6. The third-order valence-electron chi connectivity index (χ3n) is 3.16. The summed E-state index contributed by atoms with van der Waals surface area (Å²) >= 11 is 0. The minimum atomic E-state index is -0.564. The molecule has 20 heavy (non-hydrogen) atoms. The summed E-state index contributed by atoms with van der Waals surface area (Å²) in [6, 6.07) is 11.5. The molecule has 0 saturated carbocycles. The normalized spacial score (nSPS) is 12.4. The first-order valence-electron chi connectivity index (χ1n) is 6.55. The highest BCUT2D eigenvalue weighted by Gasteiger charge is 2.10. The van der Waals surface area contributed by atoms with Crippen LogP contribution in [0.25, 0.3) is 0 Å². The van der Waals surface area contributed by atoms with Gasteiger partial charge in [-0.3, -0.25) is 10.9 Å². The van der Waals surface area contributed by atoms with Gasteiger partial charge in [-0.2, -0.15) is 0 Å². The van der Waals surface area contributed by atoms with Crippen LogP contribution in [0.2, 0.25) is 0 Å². The van der Waals surface area contributed by atoms with E-state index >= 15 is 0 Å². The van der Waals surface area contributed by atoms with Gasteiger partial charge in [0.2, 0.25) is 0 Å². The van der Waals surface area contributed by atoms with Crippen LogP contribution in [0.4, 0.5) is 8.78 Å². The van der Waals surface area contributed by atoms with Gasteiger partial charge in [-0.25, -0.2) is 8.78 Å². The number of benzene rings is 2. The molecule has 0 radical (unpaired) electrons. The van der Waals surface area contributed by atoms with Crippen molar-refractivity contribution in [2.24, 2.45) is 0 Å². The topological polar surface area (TPSA) is 24.1 Å². The minimum absolute atomic E-state index is 0.249. The van der Waals surface area contributed by atoms with Crippen molar-refractivity contribution in [2.45, 2.75) is 26.4 Å². The van der Waals surface area contributed by atoms with Crippen LogP contribution in [0.15, 0.2) is 42.5 Å². The number of hydrogen-bond donors (Lipinski definition) is 2. The zero-order valence-electron chi connectivity index (χ0n) is 11.6. The van der Waals surface area contributed by atoms with Crippen molar-refractivity contribution in [3.8, 4) is 0 Å². The molecule has 0 saturated heterocycles. The first-order valence-corrected chi connectivity index (χ1v) is 6.55. The molecule has 0 aliphatic heterocycles. The second-order valence-electron chi connectivity index (χ2n) is 4.87. The quantitative estimate of drug-likeness (QED) is 0.815.